The summed E-state index contributed by atoms with van der Waals surface area (Å²) in [4.78, 5) is 26.0. The van der Waals surface area contributed by atoms with Crippen LogP contribution in [0.5, 0.6) is 0 Å². The summed E-state index contributed by atoms with van der Waals surface area (Å²) in [5.41, 5.74) is 2.15. The van der Waals surface area contributed by atoms with Gasteiger partial charge in [0.2, 0.25) is 15.9 Å². The molecule has 172 valence electrons. The Kier molecular flexibility index (Phi) is 6.49. The molecule has 0 radical (unpaired) electrons. The van der Waals surface area contributed by atoms with Crippen molar-refractivity contribution >= 4 is 38.8 Å². The Labute approximate surface area is 193 Å². The lowest BCUT2D eigenvalue weighted by atomic mass is 10.1. The number of aryl methyl sites for hydroxylation is 1. The molecule has 1 saturated heterocycles. The zero-order valence-corrected chi connectivity index (χ0v) is 19.5. The molecule has 3 aromatic rings. The molecule has 7 nitrogen and oxygen atoms in total. The summed E-state index contributed by atoms with van der Waals surface area (Å²) in [5, 5.41) is 0.963. The van der Waals surface area contributed by atoms with Crippen molar-refractivity contribution in [1.29, 1.82) is 0 Å². The van der Waals surface area contributed by atoms with Crippen molar-refractivity contribution < 1.29 is 22.4 Å². The van der Waals surface area contributed by atoms with E-state index in [0.29, 0.717) is 25.1 Å². The fourth-order valence-corrected chi connectivity index (χ4v) is 5.40. The summed E-state index contributed by atoms with van der Waals surface area (Å²) in [5.74, 6) is 0.547. The highest BCUT2D eigenvalue weighted by Gasteiger charge is 2.29. The topological polar surface area (TPSA) is 87.9 Å². The van der Waals surface area contributed by atoms with E-state index in [1.807, 2.05) is 31.2 Å². The van der Waals surface area contributed by atoms with E-state index in [1.165, 1.54) is 41.6 Å². The van der Waals surface area contributed by atoms with Crippen LogP contribution in [0.15, 0.2) is 63.9 Å². The van der Waals surface area contributed by atoms with Crippen LogP contribution in [0.1, 0.15) is 35.5 Å². The van der Waals surface area contributed by atoms with Crippen LogP contribution in [0.2, 0.25) is 0 Å². The average Bonchev–Trinajstić information content (AvgIpc) is 3.20. The van der Waals surface area contributed by atoms with Gasteiger partial charge in [-0.3, -0.25) is 9.59 Å². The minimum atomic E-state index is -3.68. The summed E-state index contributed by atoms with van der Waals surface area (Å²) in [6, 6.07) is 13.7. The van der Waals surface area contributed by atoms with Gasteiger partial charge in [-0.15, -0.1) is 0 Å². The number of sulfonamides is 1. The number of carbonyl (C=O) groups excluding carboxylic acids is 2. The summed E-state index contributed by atoms with van der Waals surface area (Å²) in [7, 11) is -3.68. The molecule has 33 heavy (non-hydrogen) atoms. The molecular formula is C25H26N2O5S. The predicted octanol–water partition coefficient (Wildman–Crippen LogP) is 3.74. The first-order valence-corrected chi connectivity index (χ1v) is 12.3. The second-order valence-corrected chi connectivity index (χ2v) is 9.87. The van der Waals surface area contributed by atoms with E-state index in [0.717, 1.165) is 22.3 Å². The van der Waals surface area contributed by atoms with Gasteiger partial charge in [-0.25, -0.2) is 8.42 Å². The third-order valence-electron chi connectivity index (χ3n) is 5.87. The molecule has 0 aliphatic carbocycles. The third kappa shape index (κ3) is 4.62. The van der Waals surface area contributed by atoms with Crippen LogP contribution < -0.4 is 0 Å². The van der Waals surface area contributed by atoms with Gasteiger partial charge in [0.1, 0.15) is 11.3 Å². The lowest BCUT2D eigenvalue weighted by Gasteiger charge is -2.33. The Morgan fingerprint density at radius 2 is 1.67 bits per heavy atom. The molecule has 0 N–H and O–H groups in total. The SMILES string of the molecule is CCc1oc2ccccc2c1/C=C/C(=O)N1CCN(S(=O)(=O)c2ccc(C(C)=O)cc2)CC1. The van der Waals surface area contributed by atoms with E-state index < -0.39 is 10.0 Å². The predicted molar refractivity (Wildman–Crippen MR) is 126 cm³/mol. The monoisotopic (exact) mass is 466 g/mol. The number of benzene rings is 2. The standard InChI is InChI=1S/C25H26N2O5S/c1-3-23-22(21-6-4-5-7-24(21)32-23)12-13-25(29)26-14-16-27(17-15-26)33(30,31)20-10-8-19(9-11-20)18(2)28/h4-13H,3,14-17H2,1-2H3/b13-12+. The summed E-state index contributed by atoms with van der Waals surface area (Å²) >= 11 is 0. The number of fused-ring (bicyclic) bond motifs is 1. The van der Waals surface area contributed by atoms with Gasteiger partial charge < -0.3 is 9.32 Å². The van der Waals surface area contributed by atoms with Crippen LogP contribution in [0.25, 0.3) is 17.0 Å². The van der Waals surface area contributed by atoms with Crippen molar-refractivity contribution in [1.82, 2.24) is 9.21 Å². The zero-order valence-electron chi connectivity index (χ0n) is 18.7. The first-order valence-electron chi connectivity index (χ1n) is 10.9. The maximum absolute atomic E-state index is 12.9. The normalized spacial score (nSPS) is 15.4. The second kappa shape index (κ2) is 9.33. The molecule has 8 heteroatoms. The van der Waals surface area contributed by atoms with Crippen LogP contribution in [0.3, 0.4) is 0 Å². The minimum Gasteiger partial charge on any atom is -0.460 e. The molecule has 0 atom stereocenters. The molecule has 0 saturated carbocycles. The van der Waals surface area contributed by atoms with E-state index in [-0.39, 0.29) is 29.7 Å². The zero-order chi connectivity index (χ0) is 23.6. The molecule has 0 unspecified atom stereocenters. The van der Waals surface area contributed by atoms with Gasteiger partial charge in [-0.2, -0.15) is 4.31 Å². The highest BCUT2D eigenvalue weighted by atomic mass is 32.2. The van der Waals surface area contributed by atoms with Crippen LogP contribution in [0.4, 0.5) is 0 Å². The lowest BCUT2D eigenvalue weighted by Crippen LogP contribution is -2.50. The van der Waals surface area contributed by atoms with Crippen molar-refractivity contribution in [3.8, 4) is 0 Å². The van der Waals surface area contributed by atoms with Gasteiger partial charge in [-0.05, 0) is 31.2 Å². The van der Waals surface area contributed by atoms with Crippen molar-refractivity contribution in [3.05, 3.63) is 71.5 Å². The van der Waals surface area contributed by atoms with Gasteiger partial charge in [-0.1, -0.05) is 37.3 Å². The largest absolute Gasteiger partial charge is 0.460 e. The number of furan rings is 1. The quantitative estimate of drug-likeness (QED) is 0.408. The lowest BCUT2D eigenvalue weighted by molar-refractivity contribution is -0.127. The van der Waals surface area contributed by atoms with Gasteiger partial charge in [0.25, 0.3) is 0 Å². The fourth-order valence-electron chi connectivity index (χ4n) is 3.98. The Morgan fingerprint density at radius 3 is 2.30 bits per heavy atom. The van der Waals surface area contributed by atoms with Gasteiger partial charge in [0, 0.05) is 55.2 Å². The molecule has 1 aliphatic rings. The maximum Gasteiger partial charge on any atom is 0.246 e. The second-order valence-electron chi connectivity index (χ2n) is 7.93. The van der Waals surface area contributed by atoms with Crippen molar-refractivity contribution in [2.75, 3.05) is 26.2 Å². The number of Topliss-reactive ketones (excluding diaryl/α,β-unsaturated/α-hetero) is 1. The van der Waals surface area contributed by atoms with Crippen molar-refractivity contribution in [3.63, 3.8) is 0 Å². The maximum atomic E-state index is 12.9. The Balaban J connectivity index is 1.43. The number of ketones is 1. The van der Waals surface area contributed by atoms with Crippen LogP contribution >= 0.6 is 0 Å². The number of piperazine rings is 1. The summed E-state index contributed by atoms with van der Waals surface area (Å²) in [6.45, 7) is 4.48. The third-order valence-corrected chi connectivity index (χ3v) is 7.79. The first-order chi connectivity index (χ1) is 15.8. The number of nitrogens with zero attached hydrogens (tertiary/aromatic N) is 2. The Morgan fingerprint density at radius 1 is 1.00 bits per heavy atom. The van der Waals surface area contributed by atoms with E-state index in [4.69, 9.17) is 4.42 Å². The van der Waals surface area contributed by atoms with Gasteiger partial charge >= 0.3 is 0 Å². The molecule has 0 spiro atoms. The molecule has 1 aliphatic heterocycles. The Bertz CT molecular complexity index is 1310. The number of para-hydroxylation sites is 1. The van der Waals surface area contributed by atoms with E-state index >= 15 is 0 Å². The fraction of sp³-hybridized carbons (Fsp3) is 0.280. The molecule has 4 rings (SSSR count). The van der Waals surface area contributed by atoms with Gasteiger partial charge in [0.05, 0.1) is 4.90 Å². The Hall–Kier alpha value is -3.23. The number of hydrogen-bond donors (Lipinski definition) is 0. The van der Waals surface area contributed by atoms with Gasteiger partial charge in [0.15, 0.2) is 5.78 Å². The summed E-state index contributed by atoms with van der Waals surface area (Å²) in [6.07, 6.45) is 4.03. The van der Waals surface area contributed by atoms with Crippen LogP contribution in [-0.4, -0.2) is 55.5 Å². The van der Waals surface area contributed by atoms with E-state index in [2.05, 4.69) is 0 Å². The highest BCUT2D eigenvalue weighted by molar-refractivity contribution is 7.89. The molecule has 1 aromatic heterocycles. The molecule has 2 aromatic carbocycles. The van der Waals surface area contributed by atoms with E-state index in [9.17, 15) is 18.0 Å². The molecule has 1 fully saturated rings. The molecule has 0 bridgehead atoms. The number of rotatable bonds is 6. The molecule has 2 heterocycles. The minimum absolute atomic E-state index is 0.117. The van der Waals surface area contributed by atoms with Crippen molar-refractivity contribution in [2.24, 2.45) is 0 Å². The number of amides is 1. The van der Waals surface area contributed by atoms with Crippen molar-refractivity contribution in [2.45, 2.75) is 25.2 Å². The number of hydrogen-bond acceptors (Lipinski definition) is 5. The highest BCUT2D eigenvalue weighted by Crippen LogP contribution is 2.27. The first kappa shape index (κ1) is 22.9. The number of carbonyl (C=O) groups is 2. The van der Waals surface area contributed by atoms with Crippen LogP contribution in [-0.2, 0) is 21.2 Å². The molecular weight excluding hydrogens is 440 g/mol. The molecule has 1 amide bonds. The smallest absolute Gasteiger partial charge is 0.246 e. The van der Waals surface area contributed by atoms with E-state index in [1.54, 1.807) is 11.0 Å². The average molecular weight is 467 g/mol. The summed E-state index contributed by atoms with van der Waals surface area (Å²) < 4.78 is 33.1. The van der Waals surface area contributed by atoms with Crippen LogP contribution in [0, 0.1) is 0 Å².